The van der Waals surface area contributed by atoms with E-state index in [9.17, 15) is 15.2 Å². The topological polar surface area (TPSA) is 63.4 Å². The molecular weight excluding hydrogens is 262 g/mol. The van der Waals surface area contributed by atoms with E-state index in [1.54, 1.807) is 26.0 Å². The van der Waals surface area contributed by atoms with Gasteiger partial charge in [-0.2, -0.15) is 0 Å². The Labute approximate surface area is 96.2 Å². The Morgan fingerprint density at radius 1 is 1.47 bits per heavy atom. The number of nitro benzene ring substituents is 1. The lowest BCUT2D eigenvalue weighted by molar-refractivity contribution is -0.385. The predicted molar refractivity (Wildman–Crippen MR) is 60.9 cm³/mol. The zero-order valence-corrected chi connectivity index (χ0v) is 10.1. The summed E-state index contributed by atoms with van der Waals surface area (Å²) in [4.78, 5) is 10.3. The summed E-state index contributed by atoms with van der Waals surface area (Å²) in [5, 5.41) is 20.2. The molecule has 1 rings (SSSR count). The van der Waals surface area contributed by atoms with Crippen molar-refractivity contribution in [2.75, 3.05) is 0 Å². The van der Waals surface area contributed by atoms with Crippen molar-refractivity contribution in [2.24, 2.45) is 0 Å². The normalized spacial score (nSPS) is 14.7. The highest BCUT2D eigenvalue weighted by Gasteiger charge is 2.22. The number of nitro groups is 1. The van der Waals surface area contributed by atoms with E-state index in [0.29, 0.717) is 5.56 Å². The van der Waals surface area contributed by atoms with Crippen LogP contribution in [0.3, 0.4) is 0 Å². The Bertz CT molecular complexity index is 379. The zero-order valence-electron chi connectivity index (χ0n) is 8.48. The maximum Gasteiger partial charge on any atom is 0.273 e. The van der Waals surface area contributed by atoms with Gasteiger partial charge in [-0.1, -0.05) is 22.9 Å². The number of hydrogen-bond donors (Lipinski definition) is 1. The largest absolute Gasteiger partial charge is 0.393 e. The van der Waals surface area contributed by atoms with Crippen LogP contribution in [0.2, 0.25) is 0 Å². The van der Waals surface area contributed by atoms with E-state index in [1.807, 2.05) is 0 Å². The molecular formula is C10H12BrNO3. The highest BCUT2D eigenvalue weighted by Crippen LogP contribution is 2.31. The summed E-state index contributed by atoms with van der Waals surface area (Å²) in [5.41, 5.74) is 0.593. The fourth-order valence-electron chi connectivity index (χ4n) is 1.32. The van der Waals surface area contributed by atoms with Crippen LogP contribution in [0.25, 0.3) is 0 Å². The molecule has 1 aromatic carbocycles. The molecule has 0 aliphatic heterocycles. The minimum absolute atomic E-state index is 0.0478. The van der Waals surface area contributed by atoms with Crippen molar-refractivity contribution in [1.82, 2.24) is 0 Å². The lowest BCUT2D eigenvalue weighted by Crippen LogP contribution is -2.12. The van der Waals surface area contributed by atoms with Gasteiger partial charge in [0.15, 0.2) is 0 Å². The van der Waals surface area contributed by atoms with E-state index in [4.69, 9.17) is 0 Å². The van der Waals surface area contributed by atoms with Crippen LogP contribution in [0, 0.1) is 10.1 Å². The molecule has 82 valence electrons. The van der Waals surface area contributed by atoms with Crippen molar-refractivity contribution in [1.29, 1.82) is 0 Å². The first-order chi connectivity index (χ1) is 6.93. The number of rotatable bonds is 3. The van der Waals surface area contributed by atoms with Gasteiger partial charge in [0, 0.05) is 22.0 Å². The SMILES string of the molecule is CC(O)C(C)c1cc(Br)ccc1[N+](=O)[O-]. The molecule has 0 aliphatic rings. The van der Waals surface area contributed by atoms with Crippen LogP contribution >= 0.6 is 15.9 Å². The van der Waals surface area contributed by atoms with Crippen molar-refractivity contribution in [3.63, 3.8) is 0 Å². The third-order valence-corrected chi connectivity index (χ3v) is 2.89. The van der Waals surface area contributed by atoms with Crippen molar-refractivity contribution in [2.45, 2.75) is 25.9 Å². The molecule has 0 aliphatic carbocycles. The third kappa shape index (κ3) is 2.76. The van der Waals surface area contributed by atoms with E-state index in [0.717, 1.165) is 4.47 Å². The van der Waals surface area contributed by atoms with Gasteiger partial charge in [0.2, 0.25) is 0 Å². The molecule has 0 amide bonds. The number of benzene rings is 1. The first-order valence-electron chi connectivity index (χ1n) is 4.55. The molecule has 2 atom stereocenters. The highest BCUT2D eigenvalue weighted by atomic mass is 79.9. The number of halogens is 1. The van der Waals surface area contributed by atoms with E-state index >= 15 is 0 Å². The summed E-state index contributed by atoms with van der Waals surface area (Å²) in [5.74, 6) is -0.261. The van der Waals surface area contributed by atoms with Crippen LogP contribution < -0.4 is 0 Å². The van der Waals surface area contributed by atoms with Gasteiger partial charge in [0.25, 0.3) is 5.69 Å². The van der Waals surface area contributed by atoms with Crippen molar-refractivity contribution in [3.8, 4) is 0 Å². The van der Waals surface area contributed by atoms with Crippen LogP contribution in [-0.2, 0) is 0 Å². The van der Waals surface area contributed by atoms with Crippen LogP contribution in [0.4, 0.5) is 5.69 Å². The molecule has 0 bridgehead atoms. The van der Waals surface area contributed by atoms with Gasteiger partial charge < -0.3 is 5.11 Å². The van der Waals surface area contributed by atoms with E-state index in [1.165, 1.54) is 6.07 Å². The molecule has 0 saturated heterocycles. The van der Waals surface area contributed by atoms with Crippen molar-refractivity contribution < 1.29 is 10.0 Å². The monoisotopic (exact) mass is 273 g/mol. The van der Waals surface area contributed by atoms with Crippen LogP contribution in [-0.4, -0.2) is 16.1 Å². The fourth-order valence-corrected chi connectivity index (χ4v) is 1.70. The molecule has 0 aromatic heterocycles. The zero-order chi connectivity index (χ0) is 11.6. The average Bonchev–Trinajstić information content (AvgIpc) is 2.15. The molecule has 0 radical (unpaired) electrons. The maximum absolute atomic E-state index is 10.8. The molecule has 0 saturated carbocycles. The standard InChI is InChI=1S/C10H12BrNO3/c1-6(7(2)13)9-5-8(11)3-4-10(9)12(14)15/h3-7,13H,1-2H3. The Balaban J connectivity index is 3.24. The highest BCUT2D eigenvalue weighted by molar-refractivity contribution is 9.10. The van der Waals surface area contributed by atoms with Gasteiger partial charge in [-0.05, 0) is 19.1 Å². The van der Waals surface area contributed by atoms with Gasteiger partial charge in [-0.25, -0.2) is 0 Å². The van der Waals surface area contributed by atoms with Gasteiger partial charge in [-0.3, -0.25) is 10.1 Å². The molecule has 15 heavy (non-hydrogen) atoms. The molecule has 2 unspecified atom stereocenters. The second-order valence-corrected chi connectivity index (χ2v) is 4.41. The summed E-state index contributed by atoms with van der Waals surface area (Å²) < 4.78 is 0.774. The lowest BCUT2D eigenvalue weighted by Gasteiger charge is -2.15. The fraction of sp³-hybridized carbons (Fsp3) is 0.400. The number of hydrogen-bond acceptors (Lipinski definition) is 3. The summed E-state index contributed by atoms with van der Waals surface area (Å²) in [6.45, 7) is 3.38. The molecule has 0 fully saturated rings. The third-order valence-electron chi connectivity index (χ3n) is 2.40. The van der Waals surface area contributed by atoms with Crippen LogP contribution in [0.5, 0.6) is 0 Å². The summed E-state index contributed by atoms with van der Waals surface area (Å²) in [6, 6.07) is 4.74. The first kappa shape index (κ1) is 12.1. The second-order valence-electron chi connectivity index (χ2n) is 3.49. The minimum Gasteiger partial charge on any atom is -0.393 e. The van der Waals surface area contributed by atoms with E-state index < -0.39 is 11.0 Å². The lowest BCUT2D eigenvalue weighted by atomic mass is 9.95. The van der Waals surface area contributed by atoms with Crippen molar-refractivity contribution >= 4 is 21.6 Å². The quantitative estimate of drug-likeness (QED) is 0.681. The number of aliphatic hydroxyl groups is 1. The Kier molecular flexibility index (Phi) is 3.82. The van der Waals surface area contributed by atoms with E-state index in [-0.39, 0.29) is 11.6 Å². The van der Waals surface area contributed by atoms with Gasteiger partial charge in [0.05, 0.1) is 11.0 Å². The summed E-state index contributed by atoms with van der Waals surface area (Å²) in [6.07, 6.45) is -0.613. The molecule has 1 N–H and O–H groups in total. The van der Waals surface area contributed by atoms with Gasteiger partial charge >= 0.3 is 0 Å². The van der Waals surface area contributed by atoms with E-state index in [2.05, 4.69) is 15.9 Å². The Morgan fingerprint density at radius 3 is 2.53 bits per heavy atom. The Hall–Kier alpha value is -0.940. The van der Waals surface area contributed by atoms with Crippen molar-refractivity contribution in [3.05, 3.63) is 38.3 Å². The Morgan fingerprint density at radius 2 is 2.07 bits per heavy atom. The average molecular weight is 274 g/mol. The molecule has 5 heteroatoms. The molecule has 1 aromatic rings. The minimum atomic E-state index is -0.613. The van der Waals surface area contributed by atoms with Gasteiger partial charge in [-0.15, -0.1) is 0 Å². The van der Waals surface area contributed by atoms with Crippen LogP contribution in [0.15, 0.2) is 22.7 Å². The maximum atomic E-state index is 10.8. The predicted octanol–water partition coefficient (Wildman–Crippen LogP) is 2.84. The smallest absolute Gasteiger partial charge is 0.273 e. The summed E-state index contributed by atoms with van der Waals surface area (Å²) in [7, 11) is 0. The molecule has 4 nitrogen and oxygen atoms in total. The first-order valence-corrected chi connectivity index (χ1v) is 5.34. The number of nitrogens with zero attached hydrogens (tertiary/aromatic N) is 1. The molecule has 0 spiro atoms. The number of aliphatic hydroxyl groups excluding tert-OH is 1. The molecule has 0 heterocycles. The van der Waals surface area contributed by atoms with Crippen LogP contribution in [0.1, 0.15) is 25.3 Å². The summed E-state index contributed by atoms with van der Waals surface area (Å²) >= 11 is 3.26. The van der Waals surface area contributed by atoms with Gasteiger partial charge in [0.1, 0.15) is 0 Å². The second kappa shape index (κ2) is 4.72.